The Kier molecular flexibility index (Phi) is 2.27. The normalized spacial score (nSPS) is 20.9. The lowest BCUT2D eigenvalue weighted by Crippen LogP contribution is -2.18. The maximum atomic E-state index is 5.14. The Hall–Kier alpha value is -0.960. The Balaban J connectivity index is 2.18. The van der Waals surface area contributed by atoms with Crippen molar-refractivity contribution in [2.75, 3.05) is 0 Å². The van der Waals surface area contributed by atoms with E-state index in [9.17, 15) is 0 Å². The Bertz CT molecular complexity index is 293. The van der Waals surface area contributed by atoms with Crippen LogP contribution in [0.25, 0.3) is 0 Å². The average Bonchev–Trinajstić information content (AvgIpc) is 2.46. The van der Waals surface area contributed by atoms with Gasteiger partial charge in [0.15, 0.2) is 5.75 Å². The summed E-state index contributed by atoms with van der Waals surface area (Å²) in [5, 5.41) is 0. The van der Waals surface area contributed by atoms with Crippen LogP contribution in [-0.4, -0.2) is 10.7 Å². The maximum absolute atomic E-state index is 5.14. The van der Waals surface area contributed by atoms with Crippen molar-refractivity contribution in [2.24, 2.45) is 0 Å². The van der Waals surface area contributed by atoms with Crippen LogP contribution in [0.2, 0.25) is 0 Å². The van der Waals surface area contributed by atoms with Gasteiger partial charge in [-0.15, -0.1) is 0 Å². The fraction of sp³-hybridized carbons (Fsp3) is 0.600. The number of nitrogens with zero attached hydrogens (tertiary/aromatic N) is 1. The lowest BCUT2D eigenvalue weighted by atomic mass is 10.1. The van der Waals surface area contributed by atoms with Crippen LogP contribution in [0, 0.1) is 0 Å². The molecule has 0 aliphatic carbocycles. The van der Waals surface area contributed by atoms with Crippen molar-refractivity contribution >= 4 is 0 Å². The minimum absolute atomic E-state index is 0.171. The van der Waals surface area contributed by atoms with Crippen LogP contribution in [-0.2, 0) is 17.9 Å². The lowest BCUT2D eigenvalue weighted by Gasteiger charge is -2.17. The molecule has 0 amide bonds. The zero-order chi connectivity index (χ0) is 9.26. The van der Waals surface area contributed by atoms with E-state index in [4.69, 9.17) is 9.78 Å². The molecule has 3 heteroatoms. The molecular weight excluding hydrogens is 166 g/mol. The second kappa shape index (κ2) is 3.42. The Labute approximate surface area is 78.2 Å². The molecular formula is C10H15NO2. The maximum Gasteiger partial charge on any atom is 0.186 e. The molecule has 1 atom stereocenters. The molecule has 0 saturated carbocycles. The molecule has 0 fully saturated rings. The summed E-state index contributed by atoms with van der Waals surface area (Å²) in [4.78, 5) is 10.2. The molecule has 72 valence electrons. The summed E-state index contributed by atoms with van der Waals surface area (Å²) in [6.45, 7) is 5.23. The molecule has 3 nitrogen and oxygen atoms in total. The van der Waals surface area contributed by atoms with Crippen molar-refractivity contribution < 1.29 is 9.78 Å². The molecule has 1 aromatic heterocycles. The van der Waals surface area contributed by atoms with Crippen molar-refractivity contribution in [3.05, 3.63) is 18.0 Å². The van der Waals surface area contributed by atoms with Crippen molar-refractivity contribution in [3.63, 3.8) is 0 Å². The van der Waals surface area contributed by atoms with E-state index in [0.29, 0.717) is 0 Å². The second-order valence-corrected chi connectivity index (χ2v) is 3.58. The van der Waals surface area contributed by atoms with Gasteiger partial charge in [-0.05, 0) is 13.3 Å². The van der Waals surface area contributed by atoms with Crippen LogP contribution >= 0.6 is 0 Å². The molecule has 2 heterocycles. The van der Waals surface area contributed by atoms with Crippen LogP contribution in [0.4, 0.5) is 0 Å². The molecule has 1 aromatic rings. The molecule has 0 saturated heterocycles. The van der Waals surface area contributed by atoms with Crippen molar-refractivity contribution in [1.82, 2.24) is 4.57 Å². The van der Waals surface area contributed by atoms with Gasteiger partial charge in [-0.25, -0.2) is 0 Å². The second-order valence-electron chi connectivity index (χ2n) is 3.58. The van der Waals surface area contributed by atoms with Crippen LogP contribution in [0.1, 0.15) is 25.8 Å². The zero-order valence-corrected chi connectivity index (χ0v) is 8.12. The van der Waals surface area contributed by atoms with Crippen molar-refractivity contribution in [2.45, 2.75) is 39.3 Å². The predicted octanol–water partition coefficient (Wildman–Crippen LogP) is 2.15. The van der Waals surface area contributed by atoms with Crippen molar-refractivity contribution in [3.8, 4) is 5.75 Å². The first-order chi connectivity index (χ1) is 6.29. The molecule has 1 aliphatic heterocycles. The summed E-state index contributed by atoms with van der Waals surface area (Å²) in [5.41, 5.74) is 1.26. The minimum Gasteiger partial charge on any atom is -0.350 e. The first-order valence-corrected chi connectivity index (χ1v) is 4.81. The molecule has 13 heavy (non-hydrogen) atoms. The van der Waals surface area contributed by atoms with Gasteiger partial charge in [-0.1, -0.05) is 6.92 Å². The zero-order valence-electron chi connectivity index (χ0n) is 8.12. The highest BCUT2D eigenvalue weighted by molar-refractivity contribution is 5.32. The molecule has 0 N–H and O–H groups in total. The third kappa shape index (κ3) is 1.70. The van der Waals surface area contributed by atoms with Gasteiger partial charge in [0.2, 0.25) is 0 Å². The van der Waals surface area contributed by atoms with Crippen LogP contribution in [0.15, 0.2) is 12.4 Å². The first kappa shape index (κ1) is 8.63. The van der Waals surface area contributed by atoms with E-state index < -0.39 is 0 Å². The van der Waals surface area contributed by atoms with Crippen molar-refractivity contribution in [1.29, 1.82) is 0 Å². The molecule has 0 radical (unpaired) electrons. The Morgan fingerprint density at radius 3 is 3.15 bits per heavy atom. The Morgan fingerprint density at radius 1 is 1.54 bits per heavy atom. The standard InChI is InChI=1S/C10H15NO2/c1-3-4-11-6-9-5-8(2)12-13-10(9)7-11/h6-8H,3-5H2,1-2H3. The number of hydrogen-bond donors (Lipinski definition) is 0. The van der Waals surface area contributed by atoms with Gasteiger partial charge in [0.25, 0.3) is 0 Å². The van der Waals surface area contributed by atoms with Gasteiger partial charge in [-0.2, -0.15) is 4.89 Å². The van der Waals surface area contributed by atoms with Gasteiger partial charge in [0, 0.05) is 24.7 Å². The van der Waals surface area contributed by atoms with Crippen LogP contribution in [0.5, 0.6) is 5.75 Å². The summed E-state index contributed by atoms with van der Waals surface area (Å²) in [5.74, 6) is 0.881. The predicted molar refractivity (Wildman–Crippen MR) is 49.6 cm³/mol. The van der Waals surface area contributed by atoms with E-state index in [0.717, 1.165) is 25.1 Å². The smallest absolute Gasteiger partial charge is 0.186 e. The average molecular weight is 181 g/mol. The third-order valence-electron chi connectivity index (χ3n) is 2.21. The molecule has 0 aromatic carbocycles. The summed E-state index contributed by atoms with van der Waals surface area (Å²) < 4.78 is 2.16. The summed E-state index contributed by atoms with van der Waals surface area (Å²) in [6, 6.07) is 0. The number of rotatable bonds is 2. The van der Waals surface area contributed by atoms with E-state index in [2.05, 4.69) is 17.7 Å². The number of hydrogen-bond acceptors (Lipinski definition) is 2. The van der Waals surface area contributed by atoms with Crippen LogP contribution in [0.3, 0.4) is 0 Å². The highest BCUT2D eigenvalue weighted by Gasteiger charge is 2.19. The summed E-state index contributed by atoms with van der Waals surface area (Å²) >= 11 is 0. The lowest BCUT2D eigenvalue weighted by molar-refractivity contribution is -0.248. The topological polar surface area (TPSA) is 23.4 Å². The number of fused-ring (bicyclic) bond motifs is 1. The molecule has 1 unspecified atom stereocenters. The largest absolute Gasteiger partial charge is 0.350 e. The van der Waals surface area contributed by atoms with E-state index in [1.807, 2.05) is 13.1 Å². The van der Waals surface area contributed by atoms with Gasteiger partial charge in [-0.3, -0.25) is 0 Å². The SMILES string of the molecule is CCCn1cc2c(c1)OOC(C)C2. The highest BCUT2D eigenvalue weighted by Crippen LogP contribution is 2.26. The summed E-state index contributed by atoms with van der Waals surface area (Å²) in [6.07, 6.45) is 6.42. The molecule has 2 rings (SSSR count). The first-order valence-electron chi connectivity index (χ1n) is 4.81. The monoisotopic (exact) mass is 181 g/mol. The molecule has 0 bridgehead atoms. The molecule has 0 spiro atoms. The van der Waals surface area contributed by atoms with E-state index in [1.165, 1.54) is 5.56 Å². The van der Waals surface area contributed by atoms with Gasteiger partial charge in [0.05, 0.1) is 6.20 Å². The fourth-order valence-corrected chi connectivity index (χ4v) is 1.63. The van der Waals surface area contributed by atoms with Crippen LogP contribution < -0.4 is 4.89 Å². The summed E-state index contributed by atoms with van der Waals surface area (Å²) in [7, 11) is 0. The van der Waals surface area contributed by atoms with Gasteiger partial charge in [0.1, 0.15) is 6.10 Å². The third-order valence-corrected chi connectivity index (χ3v) is 2.21. The van der Waals surface area contributed by atoms with Gasteiger partial charge >= 0.3 is 0 Å². The van der Waals surface area contributed by atoms with Gasteiger partial charge < -0.3 is 9.45 Å². The minimum atomic E-state index is 0.171. The highest BCUT2D eigenvalue weighted by atomic mass is 17.2. The fourth-order valence-electron chi connectivity index (χ4n) is 1.63. The van der Waals surface area contributed by atoms with E-state index in [1.54, 1.807) is 0 Å². The number of aryl methyl sites for hydroxylation is 1. The van der Waals surface area contributed by atoms with E-state index in [-0.39, 0.29) is 6.10 Å². The quantitative estimate of drug-likeness (QED) is 0.653. The Morgan fingerprint density at radius 2 is 2.38 bits per heavy atom. The molecule has 1 aliphatic rings. The number of aromatic nitrogens is 1. The van der Waals surface area contributed by atoms with E-state index >= 15 is 0 Å².